The third-order valence-corrected chi connectivity index (χ3v) is 3.60. The second kappa shape index (κ2) is 8.04. The molecule has 1 N–H and O–H groups in total. The lowest BCUT2D eigenvalue weighted by Gasteiger charge is -2.34. The molecule has 1 aliphatic rings. The lowest BCUT2D eigenvalue weighted by molar-refractivity contribution is -0.127. The van der Waals surface area contributed by atoms with E-state index >= 15 is 0 Å². The van der Waals surface area contributed by atoms with Crippen LogP contribution in [0.1, 0.15) is 12.5 Å². The number of hydrogen-bond donors (Lipinski definition) is 1. The van der Waals surface area contributed by atoms with Crippen LogP contribution in [0.25, 0.3) is 0 Å². The molecule has 1 aromatic rings. The Balaban J connectivity index is 1.82. The van der Waals surface area contributed by atoms with E-state index in [0.717, 1.165) is 5.56 Å². The number of urea groups is 1. The molecule has 1 fully saturated rings. The smallest absolute Gasteiger partial charge is 0.318 e. The second-order valence-corrected chi connectivity index (χ2v) is 5.32. The maximum atomic E-state index is 12.2. The number of benzene rings is 1. The summed E-state index contributed by atoms with van der Waals surface area (Å²) in [5, 5.41) is 2.87. The first-order chi connectivity index (χ1) is 11.1. The van der Waals surface area contributed by atoms with Crippen molar-refractivity contribution in [3.05, 3.63) is 48.6 Å². The van der Waals surface area contributed by atoms with E-state index < -0.39 is 0 Å². The van der Waals surface area contributed by atoms with E-state index in [2.05, 4.69) is 23.7 Å². The van der Waals surface area contributed by atoms with Gasteiger partial charge in [-0.3, -0.25) is 4.79 Å². The van der Waals surface area contributed by atoms with Crippen molar-refractivity contribution in [1.29, 1.82) is 0 Å². The Labute approximate surface area is 137 Å². The summed E-state index contributed by atoms with van der Waals surface area (Å²) in [6, 6.07) is 9.26. The third kappa shape index (κ3) is 4.89. The van der Waals surface area contributed by atoms with Crippen LogP contribution in [0.15, 0.2) is 43.0 Å². The summed E-state index contributed by atoms with van der Waals surface area (Å²) >= 11 is 0. The maximum Gasteiger partial charge on any atom is 0.318 e. The van der Waals surface area contributed by atoms with Crippen molar-refractivity contribution in [1.82, 2.24) is 15.1 Å². The van der Waals surface area contributed by atoms with Crippen molar-refractivity contribution in [2.75, 3.05) is 26.2 Å². The van der Waals surface area contributed by atoms with Gasteiger partial charge in [0.25, 0.3) is 0 Å². The van der Waals surface area contributed by atoms with Crippen LogP contribution in [0, 0.1) is 11.8 Å². The van der Waals surface area contributed by atoms with Gasteiger partial charge in [0.2, 0.25) is 5.91 Å². The molecule has 2 rings (SSSR count). The number of hydrogen-bond acceptors (Lipinski definition) is 2. The monoisotopic (exact) mass is 311 g/mol. The number of amides is 3. The average molecular weight is 311 g/mol. The standard InChI is InChI=1S/C18H21N3O2/c1-3-17(22)20-11-13-21(14-12-20)18(23)19-15(2)9-10-16-7-5-4-6-8-16/h3-8,15H,1,11-14H2,2H3,(H,19,23). The topological polar surface area (TPSA) is 52.7 Å². The molecule has 23 heavy (non-hydrogen) atoms. The molecular formula is C18H21N3O2. The van der Waals surface area contributed by atoms with E-state index in [-0.39, 0.29) is 18.0 Å². The zero-order valence-corrected chi connectivity index (χ0v) is 13.3. The quantitative estimate of drug-likeness (QED) is 0.664. The van der Waals surface area contributed by atoms with Gasteiger partial charge < -0.3 is 15.1 Å². The molecule has 0 saturated carbocycles. The van der Waals surface area contributed by atoms with Gasteiger partial charge in [-0.15, -0.1) is 0 Å². The lowest BCUT2D eigenvalue weighted by Crippen LogP contribution is -2.53. The Hall–Kier alpha value is -2.74. The van der Waals surface area contributed by atoms with Gasteiger partial charge in [-0.1, -0.05) is 36.6 Å². The molecule has 1 heterocycles. The predicted octanol–water partition coefficient (Wildman–Crippen LogP) is 1.47. The summed E-state index contributed by atoms with van der Waals surface area (Å²) in [6.45, 7) is 7.42. The van der Waals surface area contributed by atoms with Crippen molar-refractivity contribution in [3.8, 4) is 11.8 Å². The fourth-order valence-corrected chi connectivity index (χ4v) is 2.28. The van der Waals surface area contributed by atoms with E-state index in [0.29, 0.717) is 26.2 Å². The Morgan fingerprint density at radius 1 is 1.17 bits per heavy atom. The minimum absolute atomic E-state index is 0.0906. The highest BCUT2D eigenvalue weighted by atomic mass is 16.2. The van der Waals surface area contributed by atoms with Gasteiger partial charge in [0.1, 0.15) is 0 Å². The van der Waals surface area contributed by atoms with Crippen LogP contribution >= 0.6 is 0 Å². The summed E-state index contributed by atoms with van der Waals surface area (Å²) in [4.78, 5) is 27.1. The highest BCUT2D eigenvalue weighted by molar-refractivity contribution is 5.87. The molecule has 1 atom stereocenters. The number of carbonyl (C=O) groups is 2. The minimum atomic E-state index is -0.240. The highest BCUT2D eigenvalue weighted by Gasteiger charge is 2.23. The van der Waals surface area contributed by atoms with Crippen molar-refractivity contribution in [2.24, 2.45) is 0 Å². The molecule has 1 aromatic carbocycles. The van der Waals surface area contributed by atoms with Gasteiger partial charge in [0.15, 0.2) is 0 Å². The molecule has 0 aromatic heterocycles. The van der Waals surface area contributed by atoms with Crippen molar-refractivity contribution in [2.45, 2.75) is 13.0 Å². The third-order valence-electron chi connectivity index (χ3n) is 3.60. The average Bonchev–Trinajstić information content (AvgIpc) is 2.60. The summed E-state index contributed by atoms with van der Waals surface area (Å²) in [5.41, 5.74) is 0.921. The van der Waals surface area contributed by atoms with E-state index in [4.69, 9.17) is 0 Å². The van der Waals surface area contributed by atoms with Crippen LogP contribution in [0.5, 0.6) is 0 Å². The lowest BCUT2D eigenvalue weighted by atomic mass is 10.2. The molecule has 0 spiro atoms. The SMILES string of the molecule is C=CC(=O)N1CCN(C(=O)NC(C)C#Cc2ccccc2)CC1. The molecule has 0 radical (unpaired) electrons. The van der Waals surface area contributed by atoms with E-state index in [1.165, 1.54) is 6.08 Å². The normalized spacial score (nSPS) is 15.2. The van der Waals surface area contributed by atoms with Crippen molar-refractivity contribution >= 4 is 11.9 Å². The number of nitrogens with one attached hydrogen (secondary N) is 1. The highest BCUT2D eigenvalue weighted by Crippen LogP contribution is 2.03. The number of nitrogens with zero attached hydrogens (tertiary/aromatic N) is 2. The van der Waals surface area contributed by atoms with Crippen LogP contribution in [0.3, 0.4) is 0 Å². The van der Waals surface area contributed by atoms with Crippen LogP contribution in [-0.2, 0) is 4.79 Å². The summed E-state index contributed by atoms with van der Waals surface area (Å²) in [7, 11) is 0. The molecule has 3 amide bonds. The first-order valence-electron chi connectivity index (χ1n) is 7.63. The Kier molecular flexibility index (Phi) is 5.81. The van der Waals surface area contributed by atoms with Crippen molar-refractivity contribution in [3.63, 3.8) is 0 Å². The molecule has 1 saturated heterocycles. The Morgan fingerprint density at radius 3 is 2.39 bits per heavy atom. The minimum Gasteiger partial charge on any atom is -0.336 e. The molecule has 5 heteroatoms. The predicted molar refractivity (Wildman–Crippen MR) is 89.7 cm³/mol. The summed E-state index contributed by atoms with van der Waals surface area (Å²) in [5.74, 6) is 5.96. The van der Waals surface area contributed by atoms with Gasteiger partial charge in [-0.25, -0.2) is 4.79 Å². The van der Waals surface area contributed by atoms with E-state index in [1.54, 1.807) is 9.80 Å². The molecule has 0 bridgehead atoms. The van der Waals surface area contributed by atoms with Gasteiger partial charge >= 0.3 is 6.03 Å². The van der Waals surface area contributed by atoms with E-state index in [1.807, 2.05) is 37.3 Å². The number of piperazine rings is 1. The number of rotatable bonds is 2. The molecule has 0 aliphatic carbocycles. The fourth-order valence-electron chi connectivity index (χ4n) is 2.28. The zero-order chi connectivity index (χ0) is 16.7. The number of carbonyl (C=O) groups excluding carboxylic acids is 2. The molecule has 5 nitrogen and oxygen atoms in total. The van der Waals surface area contributed by atoms with Gasteiger partial charge in [0, 0.05) is 31.7 Å². The molecule has 1 aliphatic heterocycles. The fraction of sp³-hybridized carbons (Fsp3) is 0.333. The van der Waals surface area contributed by atoms with Crippen molar-refractivity contribution < 1.29 is 9.59 Å². The Morgan fingerprint density at radius 2 is 1.78 bits per heavy atom. The van der Waals surface area contributed by atoms with Gasteiger partial charge in [-0.2, -0.15) is 0 Å². The molecule has 1 unspecified atom stereocenters. The summed E-state index contributed by atoms with van der Waals surface area (Å²) < 4.78 is 0. The first-order valence-corrected chi connectivity index (χ1v) is 7.63. The van der Waals surface area contributed by atoms with Gasteiger partial charge in [-0.05, 0) is 25.1 Å². The zero-order valence-electron chi connectivity index (χ0n) is 13.3. The molecular weight excluding hydrogens is 290 g/mol. The van der Waals surface area contributed by atoms with Crippen LogP contribution in [-0.4, -0.2) is 54.0 Å². The largest absolute Gasteiger partial charge is 0.336 e. The second-order valence-electron chi connectivity index (χ2n) is 5.32. The molecule has 120 valence electrons. The van der Waals surface area contributed by atoms with Crippen LogP contribution in [0.2, 0.25) is 0 Å². The van der Waals surface area contributed by atoms with Crippen LogP contribution in [0.4, 0.5) is 4.79 Å². The first kappa shape index (κ1) is 16.6. The Bertz CT molecular complexity index is 623. The summed E-state index contributed by atoms with van der Waals surface area (Å²) in [6.07, 6.45) is 1.30. The van der Waals surface area contributed by atoms with E-state index in [9.17, 15) is 9.59 Å². The van der Waals surface area contributed by atoms with Gasteiger partial charge in [0.05, 0.1) is 6.04 Å². The van der Waals surface area contributed by atoms with Crippen LogP contribution < -0.4 is 5.32 Å². The maximum absolute atomic E-state index is 12.2.